The van der Waals surface area contributed by atoms with Gasteiger partial charge in [-0.05, 0) is 48.6 Å². The van der Waals surface area contributed by atoms with Gasteiger partial charge in [0.2, 0.25) is 10.0 Å². The van der Waals surface area contributed by atoms with Gasteiger partial charge in [-0.2, -0.15) is 4.31 Å². The molecule has 1 aliphatic rings. The summed E-state index contributed by atoms with van der Waals surface area (Å²) >= 11 is 1.58. The van der Waals surface area contributed by atoms with Crippen molar-refractivity contribution in [3.8, 4) is 5.75 Å². The lowest BCUT2D eigenvalue weighted by Crippen LogP contribution is -2.42. The second-order valence-corrected chi connectivity index (χ2v) is 8.57. The van der Waals surface area contributed by atoms with Gasteiger partial charge in [-0.25, -0.2) is 8.42 Å². The molecule has 2 aromatic rings. The summed E-state index contributed by atoms with van der Waals surface area (Å²) in [5.41, 5.74) is 0. The van der Waals surface area contributed by atoms with E-state index in [9.17, 15) is 8.42 Å². The Kier molecular flexibility index (Phi) is 5.55. The van der Waals surface area contributed by atoms with Crippen molar-refractivity contribution in [2.75, 3.05) is 20.3 Å². The molecule has 1 aromatic carbocycles. The molecule has 0 bridgehead atoms. The van der Waals surface area contributed by atoms with Gasteiger partial charge in [0, 0.05) is 30.7 Å². The van der Waals surface area contributed by atoms with Gasteiger partial charge in [-0.1, -0.05) is 6.07 Å². The maximum Gasteiger partial charge on any atom is 0.243 e. The first-order chi connectivity index (χ1) is 11.6. The van der Waals surface area contributed by atoms with Crippen LogP contribution in [0.15, 0.2) is 46.7 Å². The molecule has 0 radical (unpaired) electrons. The van der Waals surface area contributed by atoms with E-state index in [-0.39, 0.29) is 6.04 Å². The molecule has 1 aliphatic heterocycles. The fourth-order valence-electron chi connectivity index (χ4n) is 2.82. The zero-order valence-corrected chi connectivity index (χ0v) is 15.2. The van der Waals surface area contributed by atoms with Crippen LogP contribution in [0.1, 0.15) is 17.7 Å². The summed E-state index contributed by atoms with van der Waals surface area (Å²) in [6.45, 7) is 1.60. The smallest absolute Gasteiger partial charge is 0.243 e. The van der Waals surface area contributed by atoms with E-state index in [1.165, 1.54) is 0 Å². The third kappa shape index (κ3) is 3.80. The number of benzene rings is 1. The van der Waals surface area contributed by atoms with E-state index >= 15 is 0 Å². The molecule has 2 heterocycles. The highest BCUT2D eigenvalue weighted by molar-refractivity contribution is 7.89. The average Bonchev–Trinajstić information content (AvgIpc) is 3.13. The SMILES string of the molecule is COc1ccc(S(=O)(=O)N(Cc2cccs2)C2CCOCC2)cc1. The van der Waals surface area contributed by atoms with Crippen LogP contribution in [-0.2, 0) is 21.3 Å². The summed E-state index contributed by atoms with van der Waals surface area (Å²) in [6, 6.07) is 10.5. The Balaban J connectivity index is 1.92. The molecule has 0 atom stereocenters. The first-order valence-electron chi connectivity index (χ1n) is 7.87. The Bertz CT molecular complexity index is 735. The minimum Gasteiger partial charge on any atom is -0.497 e. The number of ether oxygens (including phenoxy) is 2. The van der Waals surface area contributed by atoms with Gasteiger partial charge in [-0.3, -0.25) is 0 Å². The van der Waals surface area contributed by atoms with Crippen LogP contribution in [-0.4, -0.2) is 39.1 Å². The number of hydrogen-bond acceptors (Lipinski definition) is 5. The third-order valence-electron chi connectivity index (χ3n) is 4.16. The van der Waals surface area contributed by atoms with Gasteiger partial charge in [0.1, 0.15) is 5.75 Å². The Morgan fingerprint density at radius 1 is 1.21 bits per heavy atom. The molecule has 0 saturated carbocycles. The number of hydrogen-bond donors (Lipinski definition) is 0. The summed E-state index contributed by atoms with van der Waals surface area (Å²) in [5.74, 6) is 0.643. The van der Waals surface area contributed by atoms with Crippen LogP contribution in [0, 0.1) is 0 Å². The maximum absolute atomic E-state index is 13.2. The highest BCUT2D eigenvalue weighted by Crippen LogP contribution is 2.28. The summed E-state index contributed by atoms with van der Waals surface area (Å²) in [4.78, 5) is 1.34. The summed E-state index contributed by atoms with van der Waals surface area (Å²) in [7, 11) is -2.01. The fourth-order valence-corrected chi connectivity index (χ4v) is 5.27. The van der Waals surface area contributed by atoms with Gasteiger partial charge in [0.15, 0.2) is 0 Å². The van der Waals surface area contributed by atoms with Crippen LogP contribution in [0.3, 0.4) is 0 Å². The molecule has 1 saturated heterocycles. The Morgan fingerprint density at radius 3 is 2.50 bits per heavy atom. The van der Waals surface area contributed by atoms with Crippen LogP contribution in [0.2, 0.25) is 0 Å². The monoisotopic (exact) mass is 367 g/mol. The van der Waals surface area contributed by atoms with Gasteiger partial charge in [-0.15, -0.1) is 11.3 Å². The molecular weight excluding hydrogens is 346 g/mol. The molecule has 1 aromatic heterocycles. The number of thiophene rings is 1. The van der Waals surface area contributed by atoms with Crippen molar-refractivity contribution in [3.63, 3.8) is 0 Å². The molecule has 0 aliphatic carbocycles. The second kappa shape index (κ2) is 7.65. The van der Waals surface area contributed by atoms with E-state index in [2.05, 4.69) is 0 Å². The molecule has 7 heteroatoms. The van der Waals surface area contributed by atoms with E-state index in [0.717, 1.165) is 17.7 Å². The predicted octanol–water partition coefficient (Wildman–Crippen LogP) is 3.13. The highest BCUT2D eigenvalue weighted by atomic mass is 32.2. The molecule has 0 unspecified atom stereocenters. The molecular formula is C17H21NO4S2. The lowest BCUT2D eigenvalue weighted by atomic mass is 10.1. The van der Waals surface area contributed by atoms with Crippen molar-refractivity contribution < 1.29 is 17.9 Å². The third-order valence-corrected chi connectivity index (χ3v) is 6.93. The summed E-state index contributed by atoms with van der Waals surface area (Å²) in [5, 5.41) is 1.97. The van der Waals surface area contributed by atoms with Gasteiger partial charge in [0.05, 0.1) is 12.0 Å². The topological polar surface area (TPSA) is 55.8 Å². The highest BCUT2D eigenvalue weighted by Gasteiger charge is 2.33. The van der Waals surface area contributed by atoms with Gasteiger partial charge in [0.25, 0.3) is 0 Å². The number of sulfonamides is 1. The Morgan fingerprint density at radius 2 is 1.92 bits per heavy atom. The molecule has 3 rings (SSSR count). The standard InChI is InChI=1S/C17H21NO4S2/c1-21-15-4-6-17(7-5-15)24(19,20)18(13-16-3-2-12-23-16)14-8-10-22-11-9-14/h2-7,12,14H,8-11,13H2,1H3. The lowest BCUT2D eigenvalue weighted by Gasteiger charge is -2.33. The molecule has 130 valence electrons. The van der Waals surface area contributed by atoms with E-state index in [1.807, 2.05) is 17.5 Å². The Labute approximate surface area is 146 Å². The van der Waals surface area contributed by atoms with E-state index in [0.29, 0.717) is 30.4 Å². The first kappa shape index (κ1) is 17.4. The van der Waals surface area contributed by atoms with E-state index in [4.69, 9.17) is 9.47 Å². The minimum absolute atomic E-state index is 0.0343. The van der Waals surface area contributed by atoms with Crippen molar-refractivity contribution in [1.29, 1.82) is 0 Å². The normalized spacial score (nSPS) is 16.4. The van der Waals surface area contributed by atoms with Gasteiger partial charge >= 0.3 is 0 Å². The predicted molar refractivity (Wildman–Crippen MR) is 93.9 cm³/mol. The molecule has 0 spiro atoms. The zero-order valence-electron chi connectivity index (χ0n) is 13.6. The first-order valence-corrected chi connectivity index (χ1v) is 10.2. The van der Waals surface area contributed by atoms with Crippen molar-refractivity contribution >= 4 is 21.4 Å². The number of methoxy groups -OCH3 is 1. The van der Waals surface area contributed by atoms with Crippen LogP contribution >= 0.6 is 11.3 Å². The summed E-state index contributed by atoms with van der Waals surface area (Å²) < 4.78 is 38.6. The zero-order chi connectivity index (χ0) is 17.0. The van der Waals surface area contributed by atoms with E-state index < -0.39 is 10.0 Å². The molecule has 24 heavy (non-hydrogen) atoms. The number of rotatable bonds is 6. The molecule has 0 N–H and O–H groups in total. The summed E-state index contributed by atoms with van der Waals surface area (Å²) in [6.07, 6.45) is 1.45. The van der Waals surface area contributed by atoms with E-state index in [1.54, 1.807) is 47.0 Å². The van der Waals surface area contributed by atoms with Crippen LogP contribution < -0.4 is 4.74 Å². The van der Waals surface area contributed by atoms with Crippen molar-refractivity contribution in [2.45, 2.75) is 30.3 Å². The number of nitrogens with zero attached hydrogens (tertiary/aromatic N) is 1. The molecule has 0 amide bonds. The van der Waals surface area contributed by atoms with Crippen LogP contribution in [0.25, 0.3) is 0 Å². The van der Waals surface area contributed by atoms with Crippen LogP contribution in [0.5, 0.6) is 5.75 Å². The minimum atomic E-state index is -3.57. The molecule has 1 fully saturated rings. The lowest BCUT2D eigenvalue weighted by molar-refractivity contribution is 0.0571. The van der Waals surface area contributed by atoms with Gasteiger partial charge < -0.3 is 9.47 Å². The largest absolute Gasteiger partial charge is 0.497 e. The van der Waals surface area contributed by atoms with Crippen LogP contribution in [0.4, 0.5) is 0 Å². The maximum atomic E-state index is 13.2. The van der Waals surface area contributed by atoms with Crippen molar-refractivity contribution in [2.24, 2.45) is 0 Å². The average molecular weight is 367 g/mol. The fraction of sp³-hybridized carbons (Fsp3) is 0.412. The van der Waals surface area contributed by atoms with Crippen molar-refractivity contribution in [3.05, 3.63) is 46.7 Å². The van der Waals surface area contributed by atoms with Crippen molar-refractivity contribution in [1.82, 2.24) is 4.31 Å². The Hall–Kier alpha value is -1.41. The second-order valence-electron chi connectivity index (χ2n) is 5.65. The molecule has 5 nitrogen and oxygen atoms in total. The quantitative estimate of drug-likeness (QED) is 0.787.